The van der Waals surface area contributed by atoms with Crippen LogP contribution in [0.3, 0.4) is 0 Å². The maximum atomic E-state index is 10.8. The largest absolute Gasteiger partial charge is 0.326 e. The van der Waals surface area contributed by atoms with E-state index in [-0.39, 0.29) is 0 Å². The third-order valence-electron chi connectivity index (χ3n) is 3.38. The first-order valence-corrected chi connectivity index (χ1v) is 6.03. The van der Waals surface area contributed by atoms with E-state index in [1.807, 2.05) is 42.4 Å². The molecule has 1 aromatic carbocycles. The van der Waals surface area contributed by atoms with Gasteiger partial charge in [0.25, 0.3) is 0 Å². The Morgan fingerprint density at radius 1 is 1.21 bits per heavy atom. The van der Waals surface area contributed by atoms with Crippen LogP contribution in [0.5, 0.6) is 0 Å². The van der Waals surface area contributed by atoms with Crippen molar-refractivity contribution in [3.8, 4) is 11.5 Å². The molecule has 96 valence electrons. The molecule has 0 aliphatic heterocycles. The van der Waals surface area contributed by atoms with E-state index in [0.717, 1.165) is 34.5 Å². The predicted molar refractivity (Wildman–Crippen MR) is 73.0 cm³/mol. The van der Waals surface area contributed by atoms with E-state index in [1.54, 1.807) is 12.1 Å². The van der Waals surface area contributed by atoms with E-state index >= 15 is 0 Å². The molecule has 0 N–H and O–H groups in total. The second-order valence-corrected chi connectivity index (χ2v) is 4.65. The van der Waals surface area contributed by atoms with Crippen molar-refractivity contribution in [2.45, 2.75) is 6.92 Å². The Hall–Kier alpha value is -2.43. The second kappa shape index (κ2) is 4.05. The van der Waals surface area contributed by atoms with Crippen LogP contribution < -0.4 is 0 Å². The molecule has 0 fully saturated rings. The van der Waals surface area contributed by atoms with Gasteiger partial charge in [-0.15, -0.1) is 0 Å². The van der Waals surface area contributed by atoms with Crippen molar-refractivity contribution in [3.63, 3.8) is 0 Å². The number of carbonyl (C=O) groups is 1. The Bertz CT molecular complexity index is 763. The van der Waals surface area contributed by atoms with Gasteiger partial charge in [0, 0.05) is 25.4 Å². The van der Waals surface area contributed by atoms with Gasteiger partial charge in [0.15, 0.2) is 5.82 Å². The van der Waals surface area contributed by atoms with Gasteiger partial charge in [-0.1, -0.05) is 0 Å². The first-order chi connectivity index (χ1) is 9.10. The molecule has 0 atom stereocenters. The summed E-state index contributed by atoms with van der Waals surface area (Å²) >= 11 is 0. The Balaban J connectivity index is 2.24. The Labute approximate surface area is 110 Å². The zero-order valence-corrected chi connectivity index (χ0v) is 11.1. The van der Waals surface area contributed by atoms with E-state index in [4.69, 9.17) is 0 Å². The monoisotopic (exact) mass is 254 g/mol. The average Bonchev–Trinajstić information content (AvgIpc) is 2.90. The summed E-state index contributed by atoms with van der Waals surface area (Å²) < 4.78 is 3.82. The standard InChI is InChI=1S/C14H14N4O/c1-9-6-12(16-18(9)3)14-15-11-7-10(8-19)4-5-13(11)17(14)2/h4-8H,1-3H3. The summed E-state index contributed by atoms with van der Waals surface area (Å²) in [5, 5.41) is 4.44. The minimum absolute atomic E-state index is 0.634. The molecule has 5 nitrogen and oxygen atoms in total. The summed E-state index contributed by atoms with van der Waals surface area (Å²) in [6, 6.07) is 7.50. The van der Waals surface area contributed by atoms with Crippen molar-refractivity contribution in [2.24, 2.45) is 14.1 Å². The van der Waals surface area contributed by atoms with Crippen LogP contribution >= 0.6 is 0 Å². The topological polar surface area (TPSA) is 52.7 Å². The first-order valence-electron chi connectivity index (χ1n) is 6.03. The molecule has 0 unspecified atom stereocenters. The minimum Gasteiger partial charge on any atom is -0.326 e. The molecule has 0 saturated heterocycles. The van der Waals surface area contributed by atoms with E-state index in [1.165, 1.54) is 0 Å². The van der Waals surface area contributed by atoms with E-state index in [9.17, 15) is 4.79 Å². The Morgan fingerprint density at radius 3 is 2.63 bits per heavy atom. The number of imidazole rings is 1. The normalized spacial score (nSPS) is 11.1. The van der Waals surface area contributed by atoms with Crippen LogP contribution in [0, 0.1) is 6.92 Å². The molecule has 0 saturated carbocycles. The van der Waals surface area contributed by atoms with Crippen molar-refractivity contribution in [1.29, 1.82) is 0 Å². The van der Waals surface area contributed by atoms with E-state index < -0.39 is 0 Å². The Kier molecular flexibility index (Phi) is 2.48. The number of hydrogen-bond acceptors (Lipinski definition) is 3. The number of aromatic nitrogens is 4. The maximum absolute atomic E-state index is 10.8. The highest BCUT2D eigenvalue weighted by Gasteiger charge is 2.13. The summed E-state index contributed by atoms with van der Waals surface area (Å²) in [6.07, 6.45) is 0.832. The van der Waals surface area contributed by atoms with Gasteiger partial charge in [0.1, 0.15) is 12.0 Å². The summed E-state index contributed by atoms with van der Waals surface area (Å²) in [5.41, 5.74) is 4.35. The lowest BCUT2D eigenvalue weighted by molar-refractivity contribution is 0.112. The number of aldehydes is 1. The van der Waals surface area contributed by atoms with Crippen LogP contribution in [0.15, 0.2) is 24.3 Å². The fourth-order valence-corrected chi connectivity index (χ4v) is 2.19. The van der Waals surface area contributed by atoms with Crippen molar-refractivity contribution in [1.82, 2.24) is 19.3 Å². The zero-order valence-electron chi connectivity index (χ0n) is 11.1. The van der Waals surface area contributed by atoms with Crippen LogP contribution in [0.4, 0.5) is 0 Å². The van der Waals surface area contributed by atoms with Crippen LogP contribution in [0.2, 0.25) is 0 Å². The molecule has 5 heteroatoms. The van der Waals surface area contributed by atoms with Crippen molar-refractivity contribution < 1.29 is 4.79 Å². The van der Waals surface area contributed by atoms with Gasteiger partial charge >= 0.3 is 0 Å². The lowest BCUT2D eigenvalue weighted by Crippen LogP contribution is -1.95. The highest BCUT2D eigenvalue weighted by Crippen LogP contribution is 2.23. The highest BCUT2D eigenvalue weighted by molar-refractivity contribution is 5.86. The number of benzene rings is 1. The van der Waals surface area contributed by atoms with Crippen molar-refractivity contribution >= 4 is 17.3 Å². The summed E-state index contributed by atoms with van der Waals surface area (Å²) in [7, 11) is 3.86. The molecule has 0 spiro atoms. The van der Waals surface area contributed by atoms with Gasteiger partial charge in [0.2, 0.25) is 0 Å². The van der Waals surface area contributed by atoms with Gasteiger partial charge in [0.05, 0.1) is 11.0 Å². The van der Waals surface area contributed by atoms with Gasteiger partial charge in [-0.3, -0.25) is 9.48 Å². The highest BCUT2D eigenvalue weighted by atomic mass is 16.1. The molecule has 3 rings (SSSR count). The third-order valence-corrected chi connectivity index (χ3v) is 3.38. The summed E-state index contributed by atoms with van der Waals surface area (Å²) in [6.45, 7) is 2.00. The molecule has 3 aromatic rings. The second-order valence-electron chi connectivity index (χ2n) is 4.65. The molecule has 0 aliphatic rings. The SMILES string of the molecule is Cc1cc(-c2nc3cc(C=O)ccc3n2C)nn1C. The molecule has 0 amide bonds. The number of fused-ring (bicyclic) bond motifs is 1. The van der Waals surface area contributed by atoms with Crippen molar-refractivity contribution in [2.75, 3.05) is 0 Å². The lowest BCUT2D eigenvalue weighted by atomic mass is 10.2. The fourth-order valence-electron chi connectivity index (χ4n) is 2.19. The molecule has 0 bridgehead atoms. The fraction of sp³-hybridized carbons (Fsp3) is 0.214. The van der Waals surface area contributed by atoms with Crippen LogP contribution in [-0.2, 0) is 14.1 Å². The van der Waals surface area contributed by atoms with Gasteiger partial charge in [-0.25, -0.2) is 4.98 Å². The van der Waals surface area contributed by atoms with Crippen molar-refractivity contribution in [3.05, 3.63) is 35.5 Å². The number of aryl methyl sites for hydroxylation is 3. The van der Waals surface area contributed by atoms with Gasteiger partial charge in [-0.2, -0.15) is 5.10 Å². The molecule has 2 aromatic heterocycles. The van der Waals surface area contributed by atoms with E-state index in [2.05, 4.69) is 10.1 Å². The number of nitrogens with zero attached hydrogens (tertiary/aromatic N) is 4. The van der Waals surface area contributed by atoms with Gasteiger partial charge in [-0.05, 0) is 31.2 Å². The number of carbonyl (C=O) groups excluding carboxylic acids is 1. The zero-order chi connectivity index (χ0) is 13.6. The molecular weight excluding hydrogens is 240 g/mol. The number of hydrogen-bond donors (Lipinski definition) is 0. The van der Waals surface area contributed by atoms with Crippen LogP contribution in [0.25, 0.3) is 22.6 Å². The third kappa shape index (κ3) is 1.74. The van der Waals surface area contributed by atoms with E-state index in [0.29, 0.717) is 5.56 Å². The minimum atomic E-state index is 0.634. The Morgan fingerprint density at radius 2 is 2.00 bits per heavy atom. The van der Waals surface area contributed by atoms with Crippen LogP contribution in [0.1, 0.15) is 16.1 Å². The smallest absolute Gasteiger partial charge is 0.161 e. The van der Waals surface area contributed by atoms with Gasteiger partial charge < -0.3 is 4.57 Å². The maximum Gasteiger partial charge on any atom is 0.161 e. The predicted octanol–water partition coefficient (Wildman–Crippen LogP) is 2.09. The number of rotatable bonds is 2. The molecule has 19 heavy (non-hydrogen) atoms. The molecule has 0 aliphatic carbocycles. The average molecular weight is 254 g/mol. The quantitative estimate of drug-likeness (QED) is 0.658. The molecular formula is C14H14N4O. The lowest BCUT2D eigenvalue weighted by Gasteiger charge is -1.98. The first kappa shape index (κ1) is 11.6. The molecule has 0 radical (unpaired) electrons. The summed E-state index contributed by atoms with van der Waals surface area (Å²) in [4.78, 5) is 15.4. The van der Waals surface area contributed by atoms with Crippen LogP contribution in [-0.4, -0.2) is 25.6 Å². The molecule has 2 heterocycles. The summed E-state index contributed by atoms with van der Waals surface area (Å²) in [5.74, 6) is 0.807.